The monoisotopic (exact) mass is 659 g/mol. The van der Waals surface area contributed by atoms with Gasteiger partial charge < -0.3 is 50.5 Å². The number of unbranched alkanes of at least 4 members (excludes halogenated alkanes) is 11. The Labute approximate surface area is 276 Å². The third-order valence-electron chi connectivity index (χ3n) is 8.47. The van der Waals surface area contributed by atoms with Crippen LogP contribution in [0, 0.1) is 0 Å². The molecule has 8 N–H and O–H groups in total. The van der Waals surface area contributed by atoms with E-state index in [0.717, 1.165) is 44.9 Å². The molecule has 46 heavy (non-hydrogen) atoms. The van der Waals surface area contributed by atoms with Crippen LogP contribution in [0.15, 0.2) is 24.3 Å². The number of amides is 1. The van der Waals surface area contributed by atoms with Gasteiger partial charge in [-0.3, -0.25) is 4.79 Å². The lowest BCUT2D eigenvalue weighted by atomic mass is 9.98. The molecule has 0 bridgehead atoms. The van der Waals surface area contributed by atoms with Gasteiger partial charge in [0.05, 0.1) is 25.4 Å². The first-order valence-corrected chi connectivity index (χ1v) is 17.7. The van der Waals surface area contributed by atoms with E-state index in [2.05, 4.69) is 37.4 Å². The van der Waals surface area contributed by atoms with Crippen LogP contribution in [-0.2, 0) is 14.3 Å². The first kappa shape index (κ1) is 42.6. The summed E-state index contributed by atoms with van der Waals surface area (Å²) in [5.74, 6) is -0.718. The smallest absolute Gasteiger partial charge is 0.249 e. The van der Waals surface area contributed by atoms with Gasteiger partial charge in [-0.25, -0.2) is 0 Å². The van der Waals surface area contributed by atoms with Crippen LogP contribution in [0.5, 0.6) is 0 Å². The van der Waals surface area contributed by atoms with Crippen molar-refractivity contribution in [1.82, 2.24) is 5.32 Å². The second-order valence-corrected chi connectivity index (χ2v) is 12.6. The molecule has 1 aliphatic heterocycles. The summed E-state index contributed by atoms with van der Waals surface area (Å²) < 4.78 is 11.0. The predicted molar refractivity (Wildman–Crippen MR) is 178 cm³/mol. The number of hydrogen-bond acceptors (Lipinski definition) is 10. The summed E-state index contributed by atoms with van der Waals surface area (Å²) in [5.41, 5.74) is 0. The summed E-state index contributed by atoms with van der Waals surface area (Å²) in [5, 5.41) is 74.8. The molecule has 9 unspecified atom stereocenters. The van der Waals surface area contributed by atoms with E-state index >= 15 is 0 Å². The average molecular weight is 660 g/mol. The zero-order chi connectivity index (χ0) is 34.2. The number of nitrogens with one attached hydrogen (secondary N) is 1. The highest BCUT2D eigenvalue weighted by atomic mass is 16.7. The van der Waals surface area contributed by atoms with Crippen LogP contribution >= 0.6 is 0 Å². The minimum absolute atomic E-state index is 0.245. The molecule has 0 spiro atoms. The van der Waals surface area contributed by atoms with E-state index in [1.54, 1.807) is 0 Å². The molecular formula is C35H65NO10. The fraction of sp³-hybridized carbons (Fsp3) is 0.857. The highest BCUT2D eigenvalue weighted by Gasteiger charge is 2.44. The van der Waals surface area contributed by atoms with Crippen LogP contribution in [0.1, 0.15) is 123 Å². The van der Waals surface area contributed by atoms with Crippen LogP contribution in [0.3, 0.4) is 0 Å². The van der Waals surface area contributed by atoms with Gasteiger partial charge in [0, 0.05) is 0 Å². The lowest BCUT2D eigenvalue weighted by molar-refractivity contribution is -0.303. The Hall–Kier alpha value is -1.41. The van der Waals surface area contributed by atoms with Gasteiger partial charge in [0.15, 0.2) is 6.29 Å². The standard InChI is InChI=1S/C35H65NO10/c1-3-5-7-9-11-13-15-16-18-20-22-27(38)30(40)26(25-45-35-33(43)32(42)31(41)29(24-37)46-35)36-34(44)28(39)23-21-19-17-14-12-10-8-6-4-2/h7,9,15-16,26-33,35,37-43H,3-6,8,10-14,17-25H2,1-2H3,(H,36,44)/b9-7+,16-15+. The Morgan fingerprint density at radius 1 is 0.739 bits per heavy atom. The maximum atomic E-state index is 12.9. The van der Waals surface area contributed by atoms with E-state index in [-0.39, 0.29) is 12.8 Å². The molecule has 1 amide bonds. The number of rotatable bonds is 27. The Morgan fingerprint density at radius 2 is 1.33 bits per heavy atom. The topological polar surface area (TPSA) is 189 Å². The highest BCUT2D eigenvalue weighted by Crippen LogP contribution is 2.23. The number of aliphatic hydroxyl groups excluding tert-OH is 7. The third-order valence-corrected chi connectivity index (χ3v) is 8.47. The Kier molecular flexibility index (Phi) is 24.6. The number of allylic oxidation sites excluding steroid dienone is 4. The van der Waals surface area contributed by atoms with Crippen LogP contribution in [0.25, 0.3) is 0 Å². The normalized spacial score (nSPS) is 24.8. The minimum atomic E-state index is -1.66. The summed E-state index contributed by atoms with van der Waals surface area (Å²) in [4.78, 5) is 12.9. The van der Waals surface area contributed by atoms with E-state index in [1.165, 1.54) is 32.1 Å². The van der Waals surface area contributed by atoms with Crippen molar-refractivity contribution in [2.75, 3.05) is 13.2 Å². The van der Waals surface area contributed by atoms with Crippen LogP contribution in [-0.4, -0.2) is 110 Å². The van der Waals surface area contributed by atoms with E-state index in [0.29, 0.717) is 19.3 Å². The van der Waals surface area contributed by atoms with E-state index in [4.69, 9.17) is 9.47 Å². The molecule has 1 fully saturated rings. The number of hydrogen-bond donors (Lipinski definition) is 8. The molecular weight excluding hydrogens is 594 g/mol. The molecule has 0 aromatic heterocycles. The highest BCUT2D eigenvalue weighted by molar-refractivity contribution is 5.80. The molecule has 0 radical (unpaired) electrons. The predicted octanol–water partition coefficient (Wildman–Crippen LogP) is 3.15. The molecule has 11 nitrogen and oxygen atoms in total. The van der Waals surface area contributed by atoms with Crippen molar-refractivity contribution >= 4 is 5.91 Å². The molecule has 0 aromatic rings. The number of ether oxygens (including phenoxy) is 2. The quantitative estimate of drug-likeness (QED) is 0.0481. The van der Waals surface area contributed by atoms with Gasteiger partial charge in [0.25, 0.3) is 0 Å². The SMILES string of the molecule is CCC/C=C/CC/C=C/CCCC(O)C(O)C(COC1OC(CO)C(O)C(O)C1O)NC(=O)C(O)CCCCCCCCCCC. The summed E-state index contributed by atoms with van der Waals surface area (Å²) in [6.45, 7) is 3.25. The van der Waals surface area contributed by atoms with Crippen molar-refractivity contribution in [2.45, 2.75) is 178 Å². The summed E-state index contributed by atoms with van der Waals surface area (Å²) in [7, 11) is 0. The first-order chi connectivity index (χ1) is 22.2. The van der Waals surface area contributed by atoms with Gasteiger partial charge in [-0.1, -0.05) is 102 Å². The van der Waals surface area contributed by atoms with Gasteiger partial charge in [-0.2, -0.15) is 0 Å². The summed E-state index contributed by atoms with van der Waals surface area (Å²) >= 11 is 0. The van der Waals surface area contributed by atoms with Gasteiger partial charge >= 0.3 is 0 Å². The fourth-order valence-corrected chi connectivity index (χ4v) is 5.40. The number of carbonyl (C=O) groups excluding carboxylic acids is 1. The maximum absolute atomic E-state index is 12.9. The van der Waals surface area contributed by atoms with Gasteiger partial charge in [-0.05, 0) is 44.9 Å². The zero-order valence-electron chi connectivity index (χ0n) is 28.3. The molecule has 1 heterocycles. The lowest BCUT2D eigenvalue weighted by Crippen LogP contribution is -2.60. The zero-order valence-corrected chi connectivity index (χ0v) is 28.3. The van der Waals surface area contributed by atoms with Crippen molar-refractivity contribution in [3.8, 4) is 0 Å². The van der Waals surface area contributed by atoms with Crippen molar-refractivity contribution < 1.29 is 50.0 Å². The Balaban J connectivity index is 2.67. The van der Waals surface area contributed by atoms with Crippen molar-refractivity contribution in [3.63, 3.8) is 0 Å². The molecule has 1 saturated heterocycles. The van der Waals surface area contributed by atoms with Gasteiger partial charge in [-0.15, -0.1) is 0 Å². The second kappa shape index (κ2) is 26.5. The summed E-state index contributed by atoms with van der Waals surface area (Å²) in [6.07, 6.45) is 12.7. The average Bonchev–Trinajstić information content (AvgIpc) is 3.05. The number of carbonyl (C=O) groups is 1. The lowest BCUT2D eigenvalue weighted by Gasteiger charge is -2.40. The Bertz CT molecular complexity index is 810. The maximum Gasteiger partial charge on any atom is 0.249 e. The molecule has 11 heteroatoms. The summed E-state index contributed by atoms with van der Waals surface area (Å²) in [6, 6.07) is -1.18. The van der Waals surface area contributed by atoms with Gasteiger partial charge in [0.2, 0.25) is 5.91 Å². The van der Waals surface area contributed by atoms with Crippen molar-refractivity contribution in [1.29, 1.82) is 0 Å². The van der Waals surface area contributed by atoms with Crippen molar-refractivity contribution in [3.05, 3.63) is 24.3 Å². The fourth-order valence-electron chi connectivity index (χ4n) is 5.40. The molecule has 1 rings (SSSR count). The second-order valence-electron chi connectivity index (χ2n) is 12.6. The molecule has 270 valence electrons. The minimum Gasteiger partial charge on any atom is -0.394 e. The van der Waals surface area contributed by atoms with Crippen LogP contribution in [0.2, 0.25) is 0 Å². The van der Waals surface area contributed by atoms with Crippen LogP contribution < -0.4 is 5.32 Å². The Morgan fingerprint density at radius 3 is 1.93 bits per heavy atom. The number of aliphatic hydroxyl groups is 7. The molecule has 9 atom stereocenters. The largest absolute Gasteiger partial charge is 0.394 e. The third kappa shape index (κ3) is 17.7. The molecule has 1 aliphatic rings. The van der Waals surface area contributed by atoms with E-state index in [9.17, 15) is 40.5 Å². The molecule has 0 saturated carbocycles. The molecule has 0 aromatic carbocycles. The van der Waals surface area contributed by atoms with E-state index in [1.807, 2.05) is 6.08 Å². The van der Waals surface area contributed by atoms with E-state index < -0.39 is 74.2 Å². The molecule has 0 aliphatic carbocycles. The van der Waals surface area contributed by atoms with Crippen molar-refractivity contribution in [2.24, 2.45) is 0 Å². The van der Waals surface area contributed by atoms with Gasteiger partial charge in [0.1, 0.15) is 36.6 Å². The first-order valence-electron chi connectivity index (χ1n) is 17.7. The van der Waals surface area contributed by atoms with Crippen LogP contribution in [0.4, 0.5) is 0 Å².